The fourth-order valence-corrected chi connectivity index (χ4v) is 5.21. The summed E-state index contributed by atoms with van der Waals surface area (Å²) in [7, 11) is 0. The summed E-state index contributed by atoms with van der Waals surface area (Å²) < 4.78 is 12.7. The van der Waals surface area contributed by atoms with Crippen LogP contribution in [-0.4, -0.2) is 4.83 Å². The normalized spacial score (nSPS) is 20.4. The van der Waals surface area contributed by atoms with Crippen LogP contribution in [0.5, 0.6) is 17.2 Å². The molecule has 0 saturated heterocycles. The van der Waals surface area contributed by atoms with Gasteiger partial charge in [0, 0.05) is 27.1 Å². The van der Waals surface area contributed by atoms with Crippen LogP contribution < -0.4 is 9.47 Å². The summed E-state index contributed by atoms with van der Waals surface area (Å²) in [6.07, 6.45) is 5.44. The topological polar surface area (TPSA) is 18.5 Å². The minimum Gasteiger partial charge on any atom is -0.457 e. The molecule has 0 aromatic heterocycles. The van der Waals surface area contributed by atoms with Crippen molar-refractivity contribution >= 4 is 15.9 Å². The van der Waals surface area contributed by atoms with Crippen LogP contribution in [0.15, 0.2) is 96.3 Å². The SMILES string of the molecule is BrC1C=C2Oc3ccccc3C3(C2=CC1)c1ccccc1Oc1ccccc13. The molecule has 0 radical (unpaired) electrons. The average molecular weight is 429 g/mol. The van der Waals surface area contributed by atoms with Gasteiger partial charge in [0.2, 0.25) is 0 Å². The van der Waals surface area contributed by atoms with Crippen LogP contribution in [0.2, 0.25) is 0 Å². The Hall–Kier alpha value is -2.78. The summed E-state index contributed by atoms with van der Waals surface area (Å²) in [5.74, 6) is 3.63. The Morgan fingerprint density at radius 3 is 1.79 bits per heavy atom. The van der Waals surface area contributed by atoms with Crippen molar-refractivity contribution in [1.29, 1.82) is 0 Å². The molecule has 2 aliphatic heterocycles. The monoisotopic (exact) mass is 428 g/mol. The fraction of sp³-hybridized carbons (Fsp3) is 0.120. The van der Waals surface area contributed by atoms with Gasteiger partial charge in [-0.05, 0) is 30.7 Å². The van der Waals surface area contributed by atoms with E-state index >= 15 is 0 Å². The summed E-state index contributed by atoms with van der Waals surface area (Å²) in [5.41, 5.74) is 4.24. The van der Waals surface area contributed by atoms with Crippen LogP contribution in [0, 0.1) is 0 Å². The third-order valence-electron chi connectivity index (χ3n) is 5.86. The lowest BCUT2D eigenvalue weighted by Crippen LogP contribution is -2.40. The number of halogens is 1. The van der Waals surface area contributed by atoms with Crippen LogP contribution in [0.25, 0.3) is 0 Å². The predicted octanol–water partition coefficient (Wildman–Crippen LogP) is 6.50. The summed E-state index contributed by atoms with van der Waals surface area (Å²) in [6.45, 7) is 0. The first kappa shape index (κ1) is 16.2. The lowest BCUT2D eigenvalue weighted by Gasteiger charge is -2.47. The van der Waals surface area contributed by atoms with Crippen LogP contribution in [0.4, 0.5) is 0 Å². The number of alkyl halides is 1. The minimum atomic E-state index is -0.445. The maximum absolute atomic E-state index is 6.39. The number of para-hydroxylation sites is 3. The second kappa shape index (κ2) is 5.86. The van der Waals surface area contributed by atoms with Crippen LogP contribution in [0.3, 0.4) is 0 Å². The predicted molar refractivity (Wildman–Crippen MR) is 113 cm³/mol. The molecule has 0 amide bonds. The third-order valence-corrected chi connectivity index (χ3v) is 6.50. The van der Waals surface area contributed by atoms with Crippen molar-refractivity contribution < 1.29 is 9.47 Å². The first-order valence-corrected chi connectivity index (χ1v) is 10.4. The van der Waals surface area contributed by atoms with Crippen molar-refractivity contribution in [3.63, 3.8) is 0 Å². The zero-order valence-electron chi connectivity index (χ0n) is 15.1. The van der Waals surface area contributed by atoms with E-state index in [-0.39, 0.29) is 4.83 Å². The summed E-state index contributed by atoms with van der Waals surface area (Å²) in [5, 5.41) is 0. The van der Waals surface area contributed by atoms with Crippen LogP contribution in [0.1, 0.15) is 23.1 Å². The van der Waals surface area contributed by atoms with Crippen molar-refractivity contribution in [3.8, 4) is 17.2 Å². The van der Waals surface area contributed by atoms with Crippen molar-refractivity contribution in [1.82, 2.24) is 0 Å². The molecular weight excluding hydrogens is 412 g/mol. The first-order chi connectivity index (χ1) is 13.8. The van der Waals surface area contributed by atoms with E-state index in [2.05, 4.69) is 82.7 Å². The van der Waals surface area contributed by atoms with Gasteiger partial charge in [0.05, 0.1) is 5.41 Å². The Kier molecular flexibility index (Phi) is 3.39. The molecule has 1 atom stereocenters. The highest BCUT2D eigenvalue weighted by Crippen LogP contribution is 2.61. The molecule has 0 fully saturated rings. The zero-order valence-corrected chi connectivity index (χ0v) is 16.6. The molecular formula is C25H17BrO2. The molecule has 28 heavy (non-hydrogen) atoms. The van der Waals surface area contributed by atoms with E-state index < -0.39 is 5.41 Å². The lowest BCUT2D eigenvalue weighted by molar-refractivity contribution is 0.363. The smallest absolute Gasteiger partial charge is 0.132 e. The van der Waals surface area contributed by atoms with Gasteiger partial charge in [-0.15, -0.1) is 0 Å². The Balaban J connectivity index is 1.80. The lowest BCUT2D eigenvalue weighted by atomic mass is 9.61. The number of benzene rings is 3. The largest absolute Gasteiger partial charge is 0.457 e. The number of allylic oxidation sites excluding steroid dienone is 3. The van der Waals surface area contributed by atoms with E-state index in [1.165, 1.54) is 5.57 Å². The van der Waals surface area contributed by atoms with Crippen LogP contribution in [-0.2, 0) is 5.41 Å². The average Bonchev–Trinajstić information content (AvgIpc) is 2.73. The van der Waals surface area contributed by atoms with E-state index in [0.29, 0.717) is 0 Å². The summed E-state index contributed by atoms with van der Waals surface area (Å²) >= 11 is 3.74. The van der Waals surface area contributed by atoms with Gasteiger partial charge in [-0.2, -0.15) is 0 Å². The van der Waals surface area contributed by atoms with Gasteiger partial charge in [-0.1, -0.05) is 76.6 Å². The van der Waals surface area contributed by atoms with E-state index in [1.54, 1.807) is 0 Å². The molecule has 6 rings (SSSR count). The number of hydrogen-bond donors (Lipinski definition) is 0. The molecule has 0 bridgehead atoms. The van der Waals surface area contributed by atoms with Crippen molar-refractivity contribution in [2.24, 2.45) is 0 Å². The highest BCUT2D eigenvalue weighted by molar-refractivity contribution is 9.09. The van der Waals surface area contributed by atoms with Gasteiger partial charge in [0.15, 0.2) is 0 Å². The summed E-state index contributed by atoms with van der Waals surface area (Å²) in [4.78, 5) is 0.277. The Labute approximate surface area is 172 Å². The second-order valence-corrected chi connectivity index (χ2v) is 8.52. The molecule has 2 nitrogen and oxygen atoms in total. The van der Waals surface area contributed by atoms with Crippen LogP contribution >= 0.6 is 15.9 Å². The standard InChI is InChI=1S/C25H17BrO2/c26-16-13-14-20-24(15-16)28-23-12-6-3-9-19(23)25(20)17-7-1-4-10-21(17)27-22-11-5-2-8-18(22)25/h1-12,14-16H,13H2. The number of hydrogen-bond acceptors (Lipinski definition) is 2. The van der Waals surface area contributed by atoms with E-state index in [1.807, 2.05) is 18.2 Å². The van der Waals surface area contributed by atoms with Crippen molar-refractivity contribution in [3.05, 3.63) is 113 Å². The molecule has 3 aliphatic rings. The zero-order chi connectivity index (χ0) is 18.7. The summed E-state index contributed by atoms with van der Waals surface area (Å²) in [6, 6.07) is 25.1. The van der Waals surface area contributed by atoms with E-state index in [4.69, 9.17) is 9.47 Å². The van der Waals surface area contributed by atoms with Gasteiger partial charge in [-0.25, -0.2) is 0 Å². The first-order valence-electron chi connectivity index (χ1n) is 9.49. The number of ether oxygens (including phenoxy) is 2. The maximum Gasteiger partial charge on any atom is 0.132 e. The molecule has 0 N–H and O–H groups in total. The third kappa shape index (κ3) is 2.03. The van der Waals surface area contributed by atoms with Gasteiger partial charge in [-0.3, -0.25) is 0 Å². The Morgan fingerprint density at radius 1 is 0.714 bits per heavy atom. The van der Waals surface area contributed by atoms with Gasteiger partial charge in [0.1, 0.15) is 23.0 Å². The minimum absolute atomic E-state index is 0.277. The number of fused-ring (bicyclic) bond motifs is 8. The molecule has 136 valence electrons. The molecule has 3 aromatic rings. The quantitative estimate of drug-likeness (QED) is 0.380. The highest BCUT2D eigenvalue weighted by Gasteiger charge is 2.52. The van der Waals surface area contributed by atoms with Gasteiger partial charge in [0.25, 0.3) is 0 Å². The van der Waals surface area contributed by atoms with Gasteiger partial charge >= 0.3 is 0 Å². The number of rotatable bonds is 0. The molecule has 1 unspecified atom stereocenters. The maximum atomic E-state index is 6.39. The fourth-order valence-electron chi connectivity index (χ4n) is 4.78. The van der Waals surface area contributed by atoms with Crippen molar-refractivity contribution in [2.75, 3.05) is 0 Å². The molecule has 0 saturated carbocycles. The second-order valence-electron chi connectivity index (χ2n) is 7.34. The molecule has 2 heterocycles. The Morgan fingerprint density at radius 2 is 1.21 bits per heavy atom. The Bertz CT molecular complexity index is 1130. The highest BCUT2D eigenvalue weighted by atomic mass is 79.9. The van der Waals surface area contributed by atoms with Gasteiger partial charge < -0.3 is 9.47 Å². The molecule has 1 aliphatic carbocycles. The van der Waals surface area contributed by atoms with E-state index in [0.717, 1.165) is 46.1 Å². The van der Waals surface area contributed by atoms with Crippen molar-refractivity contribution in [2.45, 2.75) is 16.7 Å². The molecule has 1 spiro atoms. The molecule has 3 aromatic carbocycles. The van der Waals surface area contributed by atoms with E-state index in [9.17, 15) is 0 Å². The molecule has 3 heteroatoms.